The number of aryl methyl sites for hydroxylation is 1. The summed E-state index contributed by atoms with van der Waals surface area (Å²) in [5, 5.41) is 11.9. The number of nitrogens with zero attached hydrogens (tertiary/aromatic N) is 1. The Balaban J connectivity index is 1.85. The zero-order chi connectivity index (χ0) is 14.0. The molecule has 0 radical (unpaired) electrons. The van der Waals surface area contributed by atoms with Crippen LogP contribution in [-0.4, -0.2) is 40.7 Å². The Morgan fingerprint density at radius 2 is 2.32 bits per heavy atom. The fourth-order valence-electron chi connectivity index (χ4n) is 1.95. The highest BCUT2D eigenvalue weighted by atomic mass is 32.1. The van der Waals surface area contributed by atoms with Crippen LogP contribution in [0.3, 0.4) is 0 Å². The summed E-state index contributed by atoms with van der Waals surface area (Å²) in [6, 6.07) is 0. The van der Waals surface area contributed by atoms with Crippen molar-refractivity contribution in [2.45, 2.75) is 32.0 Å². The molecule has 1 aromatic rings. The molecule has 2 rings (SSSR count). The number of ether oxygens (including phenoxy) is 1. The van der Waals surface area contributed by atoms with E-state index in [1.165, 1.54) is 0 Å². The highest BCUT2D eigenvalue weighted by Gasteiger charge is 2.30. The number of carbonyl (C=O) groups excluding carboxylic acids is 1. The first kappa shape index (κ1) is 13.8. The van der Waals surface area contributed by atoms with E-state index < -0.39 is 12.1 Å². The van der Waals surface area contributed by atoms with E-state index in [-0.39, 0.29) is 12.0 Å². The topological polar surface area (TPSA) is 115 Å². The van der Waals surface area contributed by atoms with Crippen LogP contribution in [0.5, 0.6) is 0 Å². The molecule has 1 aromatic heterocycles. The molecule has 4 N–H and O–H groups in total. The van der Waals surface area contributed by atoms with Crippen molar-refractivity contribution in [1.29, 1.82) is 0 Å². The Hall–Kier alpha value is -1.67. The molecule has 7 nitrogen and oxygen atoms in total. The molecule has 1 aliphatic rings. The van der Waals surface area contributed by atoms with E-state index in [2.05, 4.69) is 10.3 Å². The monoisotopic (exact) mass is 285 g/mol. The highest BCUT2D eigenvalue weighted by Crippen LogP contribution is 2.21. The second-order valence-electron chi connectivity index (χ2n) is 4.34. The zero-order valence-corrected chi connectivity index (χ0v) is 11.2. The third-order valence-corrected chi connectivity index (χ3v) is 3.88. The minimum absolute atomic E-state index is 0.254. The smallest absolute Gasteiger partial charge is 0.332 e. The van der Waals surface area contributed by atoms with Gasteiger partial charge >= 0.3 is 5.97 Å². The van der Waals surface area contributed by atoms with Crippen molar-refractivity contribution in [2.75, 3.05) is 12.3 Å². The average Bonchev–Trinajstić information content (AvgIpc) is 2.93. The van der Waals surface area contributed by atoms with E-state index in [1.54, 1.807) is 6.92 Å². The molecule has 2 atom stereocenters. The normalized spacial score (nSPS) is 22.4. The van der Waals surface area contributed by atoms with Crippen LogP contribution in [-0.2, 0) is 9.53 Å². The second-order valence-corrected chi connectivity index (χ2v) is 5.37. The van der Waals surface area contributed by atoms with Crippen LogP contribution in [0.2, 0.25) is 0 Å². The predicted octanol–water partition coefficient (Wildman–Crippen LogP) is 0.396. The summed E-state index contributed by atoms with van der Waals surface area (Å²) in [6.45, 7) is 2.01. The van der Waals surface area contributed by atoms with Crippen LogP contribution in [0.25, 0.3) is 0 Å². The summed E-state index contributed by atoms with van der Waals surface area (Å²) in [4.78, 5) is 27.1. The zero-order valence-electron chi connectivity index (χ0n) is 10.4. The van der Waals surface area contributed by atoms with Crippen molar-refractivity contribution >= 4 is 28.3 Å². The number of thiazole rings is 1. The summed E-state index contributed by atoms with van der Waals surface area (Å²) in [7, 11) is 0. The van der Waals surface area contributed by atoms with E-state index in [9.17, 15) is 9.59 Å². The minimum Gasteiger partial charge on any atom is -0.479 e. The molecule has 2 heterocycles. The predicted molar refractivity (Wildman–Crippen MR) is 69.1 cm³/mol. The number of amides is 1. The van der Waals surface area contributed by atoms with Gasteiger partial charge in [-0.2, -0.15) is 0 Å². The van der Waals surface area contributed by atoms with Crippen LogP contribution in [0.4, 0.5) is 5.13 Å². The lowest BCUT2D eigenvalue weighted by molar-refractivity contribution is -0.149. The van der Waals surface area contributed by atoms with Crippen molar-refractivity contribution in [1.82, 2.24) is 10.3 Å². The molecule has 2 unspecified atom stereocenters. The number of carboxylic acids is 1. The van der Waals surface area contributed by atoms with Gasteiger partial charge in [-0.15, -0.1) is 0 Å². The standard InChI is InChI=1S/C11H15N3O4S/c1-5-8(19-11(12)14-5)9(15)13-4-6-2-3-7(18-6)10(16)17/h6-7H,2-4H2,1H3,(H2,12,14)(H,13,15)(H,16,17). The number of hydrogen-bond acceptors (Lipinski definition) is 6. The number of nitrogen functional groups attached to an aromatic ring is 1. The Morgan fingerprint density at radius 3 is 2.84 bits per heavy atom. The van der Waals surface area contributed by atoms with Gasteiger partial charge in [0.2, 0.25) is 0 Å². The Bertz CT molecular complexity index is 502. The lowest BCUT2D eigenvalue weighted by Gasteiger charge is -2.11. The maximum absolute atomic E-state index is 11.9. The molecule has 19 heavy (non-hydrogen) atoms. The largest absolute Gasteiger partial charge is 0.479 e. The molecule has 1 amide bonds. The first-order chi connectivity index (χ1) is 8.97. The fraction of sp³-hybridized carbons (Fsp3) is 0.545. The number of hydrogen-bond donors (Lipinski definition) is 3. The van der Waals surface area contributed by atoms with Gasteiger partial charge in [0, 0.05) is 6.54 Å². The van der Waals surface area contributed by atoms with E-state index in [0.29, 0.717) is 35.1 Å². The third kappa shape index (κ3) is 3.21. The molecular formula is C11H15N3O4S. The van der Waals surface area contributed by atoms with Gasteiger partial charge in [0.1, 0.15) is 4.88 Å². The molecule has 1 fully saturated rings. The van der Waals surface area contributed by atoms with E-state index in [1.807, 2.05) is 0 Å². The van der Waals surface area contributed by atoms with Crippen LogP contribution >= 0.6 is 11.3 Å². The third-order valence-electron chi connectivity index (χ3n) is 2.89. The first-order valence-corrected chi connectivity index (χ1v) is 6.68. The van der Waals surface area contributed by atoms with Gasteiger partial charge in [-0.1, -0.05) is 11.3 Å². The molecule has 1 saturated heterocycles. The van der Waals surface area contributed by atoms with Crippen LogP contribution in [0.1, 0.15) is 28.2 Å². The summed E-state index contributed by atoms with van der Waals surface area (Å²) in [6.07, 6.45) is 0.0852. The summed E-state index contributed by atoms with van der Waals surface area (Å²) in [5.41, 5.74) is 6.12. The molecule has 0 bridgehead atoms. The summed E-state index contributed by atoms with van der Waals surface area (Å²) < 4.78 is 5.29. The quantitative estimate of drug-likeness (QED) is 0.737. The van der Waals surface area contributed by atoms with E-state index in [0.717, 1.165) is 11.3 Å². The minimum atomic E-state index is -0.958. The number of rotatable bonds is 4. The number of carboxylic acid groups (broad SMARTS) is 1. The maximum Gasteiger partial charge on any atom is 0.332 e. The number of nitrogens with one attached hydrogen (secondary N) is 1. The van der Waals surface area contributed by atoms with Crippen molar-refractivity contribution in [3.63, 3.8) is 0 Å². The van der Waals surface area contributed by atoms with Crippen LogP contribution in [0.15, 0.2) is 0 Å². The lowest BCUT2D eigenvalue weighted by atomic mass is 10.2. The van der Waals surface area contributed by atoms with Crippen molar-refractivity contribution in [2.24, 2.45) is 0 Å². The van der Waals surface area contributed by atoms with E-state index >= 15 is 0 Å². The van der Waals surface area contributed by atoms with Gasteiger partial charge < -0.3 is 20.9 Å². The highest BCUT2D eigenvalue weighted by molar-refractivity contribution is 7.17. The SMILES string of the molecule is Cc1nc(N)sc1C(=O)NCC1CCC(C(=O)O)O1. The van der Waals surface area contributed by atoms with Gasteiger partial charge in [-0.25, -0.2) is 9.78 Å². The van der Waals surface area contributed by atoms with Crippen molar-refractivity contribution < 1.29 is 19.4 Å². The molecular weight excluding hydrogens is 270 g/mol. The molecule has 0 aliphatic carbocycles. The number of nitrogens with two attached hydrogens (primary N) is 1. The first-order valence-electron chi connectivity index (χ1n) is 5.86. The van der Waals surface area contributed by atoms with Gasteiger partial charge in [0.05, 0.1) is 11.8 Å². The molecule has 104 valence electrons. The average molecular weight is 285 g/mol. The molecule has 1 aliphatic heterocycles. The number of anilines is 1. The molecule has 0 aromatic carbocycles. The number of aromatic nitrogens is 1. The van der Waals surface area contributed by atoms with E-state index in [4.69, 9.17) is 15.6 Å². The molecule has 0 saturated carbocycles. The fourth-order valence-corrected chi connectivity index (χ4v) is 2.70. The van der Waals surface area contributed by atoms with Gasteiger partial charge in [-0.05, 0) is 19.8 Å². The number of aliphatic carboxylic acids is 1. The Morgan fingerprint density at radius 1 is 1.58 bits per heavy atom. The van der Waals surface area contributed by atoms with Gasteiger partial charge in [0.25, 0.3) is 5.91 Å². The van der Waals surface area contributed by atoms with Crippen LogP contribution in [0, 0.1) is 6.92 Å². The Labute approximate surface area is 113 Å². The van der Waals surface area contributed by atoms with Crippen molar-refractivity contribution in [3.8, 4) is 0 Å². The van der Waals surface area contributed by atoms with Crippen molar-refractivity contribution in [3.05, 3.63) is 10.6 Å². The molecule has 0 spiro atoms. The van der Waals surface area contributed by atoms with Gasteiger partial charge in [-0.3, -0.25) is 4.79 Å². The maximum atomic E-state index is 11.9. The van der Waals surface area contributed by atoms with Crippen LogP contribution < -0.4 is 11.1 Å². The number of carbonyl (C=O) groups is 2. The second kappa shape index (κ2) is 5.54. The Kier molecular flexibility index (Phi) is 4.01. The van der Waals surface area contributed by atoms with Gasteiger partial charge in [0.15, 0.2) is 11.2 Å². The molecule has 8 heteroatoms. The summed E-state index contributed by atoms with van der Waals surface area (Å²) >= 11 is 1.13. The lowest BCUT2D eigenvalue weighted by Crippen LogP contribution is -2.33. The summed E-state index contributed by atoms with van der Waals surface area (Å²) in [5.74, 6) is -1.21.